The lowest BCUT2D eigenvalue weighted by atomic mass is 10.1. The third-order valence-corrected chi connectivity index (χ3v) is 3.97. The fourth-order valence-electron chi connectivity index (χ4n) is 1.61. The van der Waals surface area contributed by atoms with E-state index in [0.29, 0.717) is 11.6 Å². The topological polar surface area (TPSA) is 35.0 Å². The second kappa shape index (κ2) is 6.33. The lowest BCUT2D eigenvalue weighted by Gasteiger charge is -2.11. The smallest absolute Gasteiger partial charge is 0.151 e. The van der Waals surface area contributed by atoms with Crippen LogP contribution in [-0.4, -0.2) is 17.3 Å². The van der Waals surface area contributed by atoms with Crippen LogP contribution >= 0.6 is 56.8 Å². The van der Waals surface area contributed by atoms with E-state index in [9.17, 15) is 0 Å². The van der Waals surface area contributed by atoms with Crippen LogP contribution in [0.4, 0.5) is 0 Å². The maximum atomic E-state index is 5.72. The van der Waals surface area contributed by atoms with Crippen molar-refractivity contribution in [3.05, 3.63) is 47.8 Å². The number of nitrogens with zero attached hydrogens (tertiary/aromatic N) is 2. The van der Waals surface area contributed by atoms with Gasteiger partial charge in [-0.05, 0) is 69.4 Å². The first-order valence-electron chi connectivity index (χ1n) is 5.10. The predicted molar refractivity (Wildman–Crippen MR) is 88.3 cm³/mol. The molecule has 2 aromatic rings. The lowest BCUT2D eigenvalue weighted by Crippen LogP contribution is -2.00. The molecule has 0 bridgehead atoms. The molecule has 6 heteroatoms. The molecule has 0 spiro atoms. The zero-order chi connectivity index (χ0) is 13.1. The minimum absolute atomic E-state index is 0.405. The second-order valence-corrected chi connectivity index (χ2v) is 6.40. The number of benzene rings is 1. The Hall–Kier alpha value is -0.150. The third kappa shape index (κ3) is 3.45. The van der Waals surface area contributed by atoms with Crippen molar-refractivity contribution in [3.63, 3.8) is 0 Å². The van der Waals surface area contributed by atoms with E-state index in [1.54, 1.807) is 13.2 Å². The predicted octanol–water partition coefficient (Wildman–Crippen LogP) is 3.94. The average molecular weight is 486 g/mol. The molecule has 0 aliphatic carbocycles. The summed E-state index contributed by atoms with van der Waals surface area (Å²) in [7, 11) is 1.68. The molecule has 0 aliphatic rings. The monoisotopic (exact) mass is 486 g/mol. The molecule has 0 aliphatic heterocycles. The highest BCUT2D eigenvalue weighted by atomic mass is 127. The lowest BCUT2D eigenvalue weighted by molar-refractivity contribution is 0.407. The summed E-state index contributed by atoms with van der Waals surface area (Å²) in [5, 5.41) is 8.32. The van der Waals surface area contributed by atoms with Gasteiger partial charge in [0.1, 0.15) is 5.75 Å². The van der Waals surface area contributed by atoms with E-state index in [1.165, 1.54) is 3.57 Å². The highest BCUT2D eigenvalue weighted by Gasteiger charge is 2.10. The van der Waals surface area contributed by atoms with E-state index >= 15 is 0 Å². The van der Waals surface area contributed by atoms with Gasteiger partial charge in [-0.15, -0.1) is 5.10 Å². The standard InChI is InChI=1S/C12H9ClI2N2O/c1-18-12-7(4-8(14)6-10(12)15)5-9-2-3-11(13)17-16-9/h2-4,6H,5H2,1H3. The first-order valence-corrected chi connectivity index (χ1v) is 7.63. The van der Waals surface area contributed by atoms with E-state index in [-0.39, 0.29) is 0 Å². The first-order chi connectivity index (χ1) is 8.60. The maximum absolute atomic E-state index is 5.72. The van der Waals surface area contributed by atoms with Gasteiger partial charge in [0.25, 0.3) is 0 Å². The Labute approximate surface area is 138 Å². The van der Waals surface area contributed by atoms with Gasteiger partial charge >= 0.3 is 0 Å². The number of aromatic nitrogens is 2. The van der Waals surface area contributed by atoms with Gasteiger partial charge in [-0.2, -0.15) is 5.10 Å². The van der Waals surface area contributed by atoms with Crippen molar-refractivity contribution in [2.24, 2.45) is 0 Å². The van der Waals surface area contributed by atoms with E-state index in [4.69, 9.17) is 16.3 Å². The summed E-state index contributed by atoms with van der Waals surface area (Å²) < 4.78 is 7.71. The van der Waals surface area contributed by atoms with Gasteiger partial charge < -0.3 is 4.74 Å². The van der Waals surface area contributed by atoms with Gasteiger partial charge in [-0.1, -0.05) is 11.6 Å². The third-order valence-electron chi connectivity index (χ3n) is 2.35. The van der Waals surface area contributed by atoms with Crippen molar-refractivity contribution in [3.8, 4) is 5.75 Å². The minimum Gasteiger partial charge on any atom is -0.495 e. The summed E-state index contributed by atoms with van der Waals surface area (Å²) in [5.41, 5.74) is 1.97. The molecule has 94 valence electrons. The van der Waals surface area contributed by atoms with Crippen molar-refractivity contribution in [1.82, 2.24) is 10.2 Å². The minimum atomic E-state index is 0.405. The van der Waals surface area contributed by atoms with Crippen LogP contribution in [-0.2, 0) is 6.42 Å². The van der Waals surface area contributed by atoms with Gasteiger partial charge in [-0.3, -0.25) is 0 Å². The largest absolute Gasteiger partial charge is 0.495 e. The molecule has 0 atom stereocenters. The van der Waals surface area contributed by atoms with Crippen LogP contribution in [0.25, 0.3) is 0 Å². The number of halogens is 3. The number of methoxy groups -OCH3 is 1. The van der Waals surface area contributed by atoms with Crippen LogP contribution in [0.2, 0.25) is 5.15 Å². The van der Waals surface area contributed by atoms with Gasteiger partial charge in [-0.25, -0.2) is 0 Å². The summed E-state index contributed by atoms with van der Waals surface area (Å²) >= 11 is 10.3. The maximum Gasteiger partial charge on any atom is 0.151 e. The molecule has 0 saturated heterocycles. The molecule has 0 amide bonds. The Morgan fingerprint density at radius 1 is 1.22 bits per heavy atom. The summed E-state index contributed by atoms with van der Waals surface area (Å²) in [6.07, 6.45) is 0.681. The number of hydrogen-bond donors (Lipinski definition) is 0. The van der Waals surface area contributed by atoms with E-state index in [1.807, 2.05) is 6.07 Å². The van der Waals surface area contributed by atoms with E-state index in [2.05, 4.69) is 67.5 Å². The molecule has 0 unspecified atom stereocenters. The first kappa shape index (κ1) is 14.3. The molecule has 0 saturated carbocycles. The molecule has 1 heterocycles. The Kier molecular flexibility index (Phi) is 5.02. The van der Waals surface area contributed by atoms with Crippen molar-refractivity contribution in [2.45, 2.75) is 6.42 Å². The van der Waals surface area contributed by atoms with Crippen LogP contribution in [0.15, 0.2) is 24.3 Å². The number of hydrogen-bond acceptors (Lipinski definition) is 3. The quantitative estimate of drug-likeness (QED) is 0.617. The molecule has 3 nitrogen and oxygen atoms in total. The zero-order valence-corrected chi connectivity index (χ0v) is 14.5. The Morgan fingerprint density at radius 2 is 2.00 bits per heavy atom. The molecule has 0 fully saturated rings. The highest BCUT2D eigenvalue weighted by Crippen LogP contribution is 2.29. The molecule has 0 N–H and O–H groups in total. The Bertz CT molecular complexity index is 561. The van der Waals surface area contributed by atoms with Crippen LogP contribution < -0.4 is 4.74 Å². The van der Waals surface area contributed by atoms with Gasteiger partial charge in [0.2, 0.25) is 0 Å². The summed E-state index contributed by atoms with van der Waals surface area (Å²) in [4.78, 5) is 0. The van der Waals surface area contributed by atoms with Crippen LogP contribution in [0.3, 0.4) is 0 Å². The molecule has 1 aromatic carbocycles. The van der Waals surface area contributed by atoms with Crippen LogP contribution in [0.5, 0.6) is 5.75 Å². The van der Waals surface area contributed by atoms with Crippen molar-refractivity contribution in [1.29, 1.82) is 0 Å². The van der Waals surface area contributed by atoms with Crippen molar-refractivity contribution >= 4 is 56.8 Å². The summed E-state index contributed by atoms with van der Waals surface area (Å²) in [6, 6.07) is 7.80. The Balaban J connectivity index is 2.36. The molecule has 2 rings (SSSR count). The SMILES string of the molecule is COc1c(I)cc(I)cc1Cc1ccc(Cl)nn1. The van der Waals surface area contributed by atoms with Crippen molar-refractivity contribution < 1.29 is 4.74 Å². The highest BCUT2D eigenvalue weighted by molar-refractivity contribution is 14.1. The fraction of sp³-hybridized carbons (Fsp3) is 0.167. The molecule has 0 radical (unpaired) electrons. The van der Waals surface area contributed by atoms with Crippen LogP contribution in [0, 0.1) is 7.14 Å². The summed E-state index contributed by atoms with van der Waals surface area (Å²) in [5.74, 6) is 0.896. The zero-order valence-electron chi connectivity index (χ0n) is 9.45. The average Bonchev–Trinajstić information content (AvgIpc) is 2.32. The number of ether oxygens (including phenoxy) is 1. The normalized spacial score (nSPS) is 10.4. The molecule has 1 aromatic heterocycles. The fourth-order valence-corrected chi connectivity index (χ4v) is 3.89. The molecular formula is C12H9ClI2N2O. The van der Waals surface area contributed by atoms with Gasteiger partial charge in [0, 0.05) is 15.6 Å². The molecular weight excluding hydrogens is 477 g/mol. The Morgan fingerprint density at radius 3 is 2.61 bits per heavy atom. The second-order valence-electron chi connectivity index (χ2n) is 3.60. The van der Waals surface area contributed by atoms with E-state index < -0.39 is 0 Å². The van der Waals surface area contributed by atoms with Gasteiger partial charge in [0.05, 0.1) is 16.4 Å². The van der Waals surface area contributed by atoms with Crippen LogP contribution in [0.1, 0.15) is 11.3 Å². The van der Waals surface area contributed by atoms with E-state index in [0.717, 1.165) is 20.6 Å². The number of rotatable bonds is 3. The summed E-state index contributed by atoms with van der Waals surface area (Å²) in [6.45, 7) is 0. The molecule has 18 heavy (non-hydrogen) atoms. The van der Waals surface area contributed by atoms with Crippen molar-refractivity contribution in [2.75, 3.05) is 7.11 Å². The van der Waals surface area contributed by atoms with Gasteiger partial charge in [0.15, 0.2) is 5.15 Å².